The molecule has 2 aromatic carbocycles. The Morgan fingerprint density at radius 3 is 2.25 bits per heavy atom. The Morgan fingerprint density at radius 2 is 1.62 bits per heavy atom. The minimum atomic E-state index is -0.230. The van der Waals surface area contributed by atoms with E-state index in [0.29, 0.717) is 22.6 Å². The predicted molar refractivity (Wildman–Crippen MR) is 91.6 cm³/mol. The van der Waals surface area contributed by atoms with E-state index in [1.807, 2.05) is 43.3 Å². The number of aliphatic hydroxyl groups is 1. The highest BCUT2D eigenvalue weighted by atomic mass is 16.5. The van der Waals surface area contributed by atoms with Gasteiger partial charge in [0.1, 0.15) is 23.6 Å². The molecule has 0 amide bonds. The summed E-state index contributed by atoms with van der Waals surface area (Å²) in [5.41, 5.74) is 1.88. The molecule has 0 aliphatic carbocycles. The first-order chi connectivity index (χ1) is 11.6. The van der Waals surface area contributed by atoms with Gasteiger partial charge in [-0.15, -0.1) is 0 Å². The number of benzene rings is 2. The van der Waals surface area contributed by atoms with E-state index in [-0.39, 0.29) is 6.10 Å². The maximum Gasteiger partial charge on any atom is 0.128 e. The van der Waals surface area contributed by atoms with Gasteiger partial charge in [0.15, 0.2) is 0 Å². The minimum Gasteiger partial charge on any atom is -0.457 e. The molecule has 0 fully saturated rings. The van der Waals surface area contributed by atoms with Gasteiger partial charge in [0.25, 0.3) is 0 Å². The number of aliphatic hydroxyl groups excluding tert-OH is 1. The first-order valence-electron chi connectivity index (χ1n) is 8.01. The van der Waals surface area contributed by atoms with E-state index in [0.717, 1.165) is 25.7 Å². The van der Waals surface area contributed by atoms with Gasteiger partial charge in [-0.1, -0.05) is 18.6 Å². The maximum atomic E-state index is 9.24. The van der Waals surface area contributed by atoms with E-state index < -0.39 is 0 Å². The molecule has 0 aliphatic heterocycles. The second kappa shape index (κ2) is 8.72. The van der Waals surface area contributed by atoms with Gasteiger partial charge in [0, 0.05) is 0 Å². The Balaban J connectivity index is 1.94. The fourth-order valence-electron chi connectivity index (χ4n) is 2.41. The summed E-state index contributed by atoms with van der Waals surface area (Å²) in [5.74, 6) is 1.23. The SMILES string of the molecule is CC(O)CCCCc1ccc(Oc2ccc(C#N)c(C#N)c2)cc1. The van der Waals surface area contributed by atoms with Crippen LogP contribution in [-0.2, 0) is 6.42 Å². The van der Waals surface area contributed by atoms with Gasteiger partial charge >= 0.3 is 0 Å². The molecule has 0 radical (unpaired) electrons. The van der Waals surface area contributed by atoms with Crippen LogP contribution in [0.15, 0.2) is 42.5 Å². The number of unbranched alkanes of at least 4 members (excludes halogenated alkanes) is 1. The predicted octanol–water partition coefficient (Wildman–Crippen LogP) is 4.32. The average Bonchev–Trinajstić information content (AvgIpc) is 2.59. The van der Waals surface area contributed by atoms with E-state index in [1.165, 1.54) is 5.56 Å². The van der Waals surface area contributed by atoms with Crippen LogP contribution in [0.1, 0.15) is 42.9 Å². The fourth-order valence-corrected chi connectivity index (χ4v) is 2.41. The van der Waals surface area contributed by atoms with E-state index in [4.69, 9.17) is 15.3 Å². The highest BCUT2D eigenvalue weighted by Crippen LogP contribution is 2.24. The molecular weight excluding hydrogens is 300 g/mol. The van der Waals surface area contributed by atoms with Crippen molar-refractivity contribution in [1.82, 2.24) is 0 Å². The third kappa shape index (κ3) is 5.12. The van der Waals surface area contributed by atoms with Gasteiger partial charge in [-0.3, -0.25) is 0 Å². The van der Waals surface area contributed by atoms with Crippen LogP contribution in [0.5, 0.6) is 11.5 Å². The summed E-state index contributed by atoms with van der Waals surface area (Å²) in [7, 11) is 0. The molecule has 122 valence electrons. The number of hydrogen-bond acceptors (Lipinski definition) is 4. The lowest BCUT2D eigenvalue weighted by Crippen LogP contribution is -1.99. The molecular formula is C20H20N2O2. The van der Waals surface area contributed by atoms with Crippen molar-refractivity contribution in [1.29, 1.82) is 10.5 Å². The second-order valence-corrected chi connectivity index (χ2v) is 5.77. The highest BCUT2D eigenvalue weighted by molar-refractivity contribution is 5.50. The average molecular weight is 320 g/mol. The molecule has 0 saturated carbocycles. The summed E-state index contributed by atoms with van der Waals surface area (Å²) in [6, 6.07) is 16.7. The lowest BCUT2D eigenvalue weighted by atomic mass is 10.1. The zero-order valence-corrected chi connectivity index (χ0v) is 13.7. The lowest BCUT2D eigenvalue weighted by Gasteiger charge is -2.08. The lowest BCUT2D eigenvalue weighted by molar-refractivity contribution is 0.180. The molecule has 4 heteroatoms. The minimum absolute atomic E-state index is 0.230. The first-order valence-corrected chi connectivity index (χ1v) is 8.01. The number of ether oxygens (including phenoxy) is 1. The number of rotatable bonds is 7. The topological polar surface area (TPSA) is 77.0 Å². The van der Waals surface area contributed by atoms with E-state index in [9.17, 15) is 5.11 Å². The van der Waals surface area contributed by atoms with Crippen molar-refractivity contribution in [3.05, 3.63) is 59.2 Å². The number of aryl methyl sites for hydroxylation is 1. The third-order valence-electron chi connectivity index (χ3n) is 3.73. The summed E-state index contributed by atoms with van der Waals surface area (Å²) >= 11 is 0. The largest absolute Gasteiger partial charge is 0.457 e. The molecule has 4 nitrogen and oxygen atoms in total. The summed E-state index contributed by atoms with van der Waals surface area (Å²) in [6.45, 7) is 1.81. The maximum absolute atomic E-state index is 9.24. The number of nitrogens with zero attached hydrogens (tertiary/aromatic N) is 2. The Kier molecular flexibility index (Phi) is 6.37. The quantitative estimate of drug-likeness (QED) is 0.771. The van der Waals surface area contributed by atoms with Crippen LogP contribution in [0.3, 0.4) is 0 Å². The molecule has 0 heterocycles. The van der Waals surface area contributed by atoms with Gasteiger partial charge in [-0.25, -0.2) is 0 Å². The molecule has 24 heavy (non-hydrogen) atoms. The van der Waals surface area contributed by atoms with Crippen LogP contribution >= 0.6 is 0 Å². The van der Waals surface area contributed by atoms with Crippen molar-refractivity contribution in [3.63, 3.8) is 0 Å². The van der Waals surface area contributed by atoms with Crippen LogP contribution in [0.25, 0.3) is 0 Å². The van der Waals surface area contributed by atoms with Gasteiger partial charge < -0.3 is 9.84 Å². The monoisotopic (exact) mass is 320 g/mol. The normalized spacial score (nSPS) is 11.3. The zero-order valence-electron chi connectivity index (χ0n) is 13.7. The summed E-state index contributed by atoms with van der Waals surface area (Å²) < 4.78 is 5.74. The molecule has 2 rings (SSSR count). The Hall–Kier alpha value is -2.82. The first kappa shape index (κ1) is 17.5. The summed E-state index contributed by atoms with van der Waals surface area (Å²) in [5, 5.41) is 27.2. The van der Waals surface area contributed by atoms with E-state index >= 15 is 0 Å². The highest BCUT2D eigenvalue weighted by Gasteiger charge is 2.05. The molecule has 0 bridgehead atoms. The molecule has 0 spiro atoms. The smallest absolute Gasteiger partial charge is 0.128 e. The van der Waals surface area contributed by atoms with E-state index in [1.54, 1.807) is 18.2 Å². The molecule has 1 unspecified atom stereocenters. The summed E-state index contributed by atoms with van der Waals surface area (Å²) in [4.78, 5) is 0. The van der Waals surface area contributed by atoms with Crippen LogP contribution in [0.2, 0.25) is 0 Å². The van der Waals surface area contributed by atoms with Crippen LogP contribution in [0.4, 0.5) is 0 Å². The fraction of sp³-hybridized carbons (Fsp3) is 0.300. The van der Waals surface area contributed by atoms with Crippen molar-refractivity contribution >= 4 is 0 Å². The Bertz CT molecular complexity index is 753. The van der Waals surface area contributed by atoms with Crippen LogP contribution < -0.4 is 4.74 Å². The Morgan fingerprint density at radius 1 is 0.958 bits per heavy atom. The number of nitriles is 2. The third-order valence-corrected chi connectivity index (χ3v) is 3.73. The van der Waals surface area contributed by atoms with E-state index in [2.05, 4.69) is 0 Å². The molecule has 0 saturated heterocycles. The van der Waals surface area contributed by atoms with Crippen LogP contribution in [0, 0.1) is 22.7 Å². The van der Waals surface area contributed by atoms with Gasteiger partial charge in [0.05, 0.1) is 17.2 Å². The molecule has 2 aromatic rings. The zero-order chi connectivity index (χ0) is 17.4. The van der Waals surface area contributed by atoms with Gasteiger partial charge in [0.2, 0.25) is 0 Å². The molecule has 0 aromatic heterocycles. The Labute approximate surface area is 142 Å². The standard InChI is InChI=1S/C20H20N2O2/c1-15(23)4-2-3-5-16-6-9-19(10-7-16)24-20-11-8-17(13-21)18(12-20)14-22/h6-12,15,23H,2-5H2,1H3. The van der Waals surface area contributed by atoms with Crippen molar-refractivity contribution < 1.29 is 9.84 Å². The molecule has 0 aliphatic rings. The second-order valence-electron chi connectivity index (χ2n) is 5.77. The van der Waals surface area contributed by atoms with Crippen molar-refractivity contribution in [2.24, 2.45) is 0 Å². The van der Waals surface area contributed by atoms with Gasteiger partial charge in [-0.2, -0.15) is 10.5 Å². The molecule has 1 N–H and O–H groups in total. The van der Waals surface area contributed by atoms with Crippen molar-refractivity contribution in [2.75, 3.05) is 0 Å². The molecule has 1 atom stereocenters. The van der Waals surface area contributed by atoms with Crippen molar-refractivity contribution in [2.45, 2.75) is 38.7 Å². The number of hydrogen-bond donors (Lipinski definition) is 1. The van der Waals surface area contributed by atoms with Crippen molar-refractivity contribution in [3.8, 4) is 23.6 Å². The summed E-state index contributed by atoms with van der Waals surface area (Å²) in [6.07, 6.45) is 3.64. The van der Waals surface area contributed by atoms with Crippen LogP contribution in [-0.4, -0.2) is 11.2 Å². The van der Waals surface area contributed by atoms with Gasteiger partial charge in [-0.05, 0) is 62.1 Å².